The number of hydrogen-bond acceptors (Lipinski definition) is 5. The standard InChI is InChI=1S/C19H17N3O3S/c1-12-4-2-3-5-15(12)21-19-22-18(24)16(26-19)10-13-6-8-14(9-7-13)25-11-17(20)23/h2-10H,11H2,1H3,(H2,20,23)(H,21,22,24). The van der Waals surface area contributed by atoms with E-state index in [4.69, 9.17) is 10.5 Å². The molecule has 1 heterocycles. The van der Waals surface area contributed by atoms with E-state index in [1.807, 2.05) is 31.2 Å². The molecular weight excluding hydrogens is 350 g/mol. The van der Waals surface area contributed by atoms with Crippen LogP contribution in [0.3, 0.4) is 0 Å². The van der Waals surface area contributed by atoms with Crippen LogP contribution in [0.5, 0.6) is 5.75 Å². The summed E-state index contributed by atoms with van der Waals surface area (Å²) in [5, 5.41) is 3.33. The first-order chi connectivity index (χ1) is 12.5. The second-order valence-electron chi connectivity index (χ2n) is 5.59. The average Bonchev–Trinajstić information content (AvgIpc) is 2.95. The second-order valence-corrected chi connectivity index (χ2v) is 6.62. The first kappa shape index (κ1) is 17.8. The van der Waals surface area contributed by atoms with Crippen molar-refractivity contribution in [2.45, 2.75) is 6.92 Å². The van der Waals surface area contributed by atoms with Gasteiger partial charge in [0.25, 0.3) is 11.8 Å². The van der Waals surface area contributed by atoms with Gasteiger partial charge in [-0.15, -0.1) is 0 Å². The zero-order chi connectivity index (χ0) is 18.5. The largest absolute Gasteiger partial charge is 0.484 e. The maximum atomic E-state index is 12.2. The van der Waals surface area contributed by atoms with Gasteiger partial charge in [-0.3, -0.25) is 9.59 Å². The number of nitrogens with two attached hydrogens (primary N) is 1. The number of aliphatic imine (C=N–C) groups is 1. The molecule has 1 aliphatic rings. The molecule has 2 aromatic carbocycles. The smallest absolute Gasteiger partial charge is 0.264 e. The summed E-state index contributed by atoms with van der Waals surface area (Å²) >= 11 is 1.29. The summed E-state index contributed by atoms with van der Waals surface area (Å²) in [6.07, 6.45) is 1.78. The Labute approximate surface area is 155 Å². The first-order valence-electron chi connectivity index (χ1n) is 7.87. The van der Waals surface area contributed by atoms with E-state index >= 15 is 0 Å². The number of rotatable bonds is 5. The lowest BCUT2D eigenvalue weighted by Crippen LogP contribution is -2.20. The molecule has 0 aliphatic carbocycles. The van der Waals surface area contributed by atoms with Gasteiger partial charge in [-0.2, -0.15) is 0 Å². The van der Waals surface area contributed by atoms with Crippen molar-refractivity contribution in [3.05, 3.63) is 64.6 Å². The van der Waals surface area contributed by atoms with Gasteiger partial charge in [-0.1, -0.05) is 30.3 Å². The van der Waals surface area contributed by atoms with Crippen LogP contribution in [0, 0.1) is 6.92 Å². The second kappa shape index (κ2) is 7.88. The first-order valence-corrected chi connectivity index (χ1v) is 8.69. The number of nitrogens with zero attached hydrogens (tertiary/aromatic N) is 1. The summed E-state index contributed by atoms with van der Waals surface area (Å²) in [5.41, 5.74) is 7.75. The van der Waals surface area contributed by atoms with Crippen molar-refractivity contribution in [2.24, 2.45) is 10.7 Å². The van der Waals surface area contributed by atoms with Crippen LogP contribution in [0.1, 0.15) is 11.1 Å². The molecule has 2 amide bonds. The Bertz CT molecular complexity index is 905. The van der Waals surface area contributed by atoms with E-state index in [1.165, 1.54) is 11.8 Å². The average molecular weight is 367 g/mol. The van der Waals surface area contributed by atoms with E-state index in [0.717, 1.165) is 16.8 Å². The molecule has 3 N–H and O–H groups in total. The molecular formula is C19H17N3O3S. The zero-order valence-corrected chi connectivity index (χ0v) is 14.9. The fourth-order valence-electron chi connectivity index (χ4n) is 2.24. The van der Waals surface area contributed by atoms with Gasteiger partial charge < -0.3 is 15.8 Å². The minimum atomic E-state index is -0.532. The lowest BCUT2D eigenvalue weighted by atomic mass is 10.2. The fourth-order valence-corrected chi connectivity index (χ4v) is 3.08. The normalized spacial score (nSPS) is 16.7. The van der Waals surface area contributed by atoms with Gasteiger partial charge in [0.1, 0.15) is 5.75 Å². The Kier molecular flexibility index (Phi) is 5.38. The van der Waals surface area contributed by atoms with Gasteiger partial charge in [0.05, 0.1) is 10.6 Å². The Morgan fingerprint density at radius 3 is 2.65 bits per heavy atom. The highest BCUT2D eigenvalue weighted by Gasteiger charge is 2.23. The van der Waals surface area contributed by atoms with Crippen LogP contribution in [-0.4, -0.2) is 23.6 Å². The number of aryl methyl sites for hydroxylation is 1. The van der Waals surface area contributed by atoms with Gasteiger partial charge in [0.2, 0.25) is 0 Å². The predicted octanol–water partition coefficient (Wildman–Crippen LogP) is 2.75. The predicted molar refractivity (Wildman–Crippen MR) is 103 cm³/mol. The molecule has 0 radical (unpaired) electrons. The molecule has 0 bridgehead atoms. The van der Waals surface area contributed by atoms with Crippen molar-refractivity contribution in [1.82, 2.24) is 5.32 Å². The highest BCUT2D eigenvalue weighted by atomic mass is 32.2. The summed E-state index contributed by atoms with van der Waals surface area (Å²) in [6.45, 7) is 1.80. The molecule has 0 saturated carbocycles. The monoisotopic (exact) mass is 367 g/mol. The van der Waals surface area contributed by atoms with E-state index in [1.54, 1.807) is 30.3 Å². The summed E-state index contributed by atoms with van der Waals surface area (Å²) in [5.74, 6) is -0.177. The SMILES string of the molecule is Cc1ccccc1N=C1NC(=O)C(=Cc2ccc(OCC(N)=O)cc2)S1. The molecule has 7 heteroatoms. The van der Waals surface area contributed by atoms with Crippen LogP contribution in [-0.2, 0) is 9.59 Å². The number of para-hydroxylation sites is 1. The van der Waals surface area contributed by atoms with Crippen molar-refractivity contribution < 1.29 is 14.3 Å². The number of thioether (sulfide) groups is 1. The Hall–Kier alpha value is -3.06. The van der Waals surface area contributed by atoms with Crippen molar-refractivity contribution in [3.63, 3.8) is 0 Å². The number of nitrogens with one attached hydrogen (secondary N) is 1. The maximum Gasteiger partial charge on any atom is 0.264 e. The van der Waals surface area contributed by atoms with E-state index in [2.05, 4.69) is 10.3 Å². The minimum Gasteiger partial charge on any atom is -0.484 e. The molecule has 1 fully saturated rings. The highest BCUT2D eigenvalue weighted by Crippen LogP contribution is 2.29. The molecule has 0 spiro atoms. The van der Waals surface area contributed by atoms with Gasteiger partial charge in [0, 0.05) is 0 Å². The Balaban J connectivity index is 1.72. The number of amides is 2. The quantitative estimate of drug-likeness (QED) is 0.795. The molecule has 0 aromatic heterocycles. The number of amidine groups is 1. The molecule has 1 saturated heterocycles. The van der Waals surface area contributed by atoms with Gasteiger partial charge in [-0.05, 0) is 54.1 Å². The van der Waals surface area contributed by atoms with Crippen LogP contribution in [0.2, 0.25) is 0 Å². The third-order valence-corrected chi connectivity index (χ3v) is 4.46. The molecule has 1 aliphatic heterocycles. The summed E-state index contributed by atoms with van der Waals surface area (Å²) in [6, 6.07) is 14.8. The number of benzene rings is 2. The molecule has 3 rings (SSSR count). The highest BCUT2D eigenvalue weighted by molar-refractivity contribution is 8.18. The topological polar surface area (TPSA) is 93.8 Å². The molecule has 0 atom stereocenters. The van der Waals surface area contributed by atoms with Crippen LogP contribution in [0.4, 0.5) is 5.69 Å². The molecule has 6 nitrogen and oxygen atoms in total. The van der Waals surface area contributed by atoms with E-state index in [0.29, 0.717) is 15.8 Å². The molecule has 26 heavy (non-hydrogen) atoms. The maximum absolute atomic E-state index is 12.2. The van der Waals surface area contributed by atoms with E-state index < -0.39 is 5.91 Å². The molecule has 132 valence electrons. The Morgan fingerprint density at radius 2 is 1.96 bits per heavy atom. The lowest BCUT2D eigenvalue weighted by Gasteiger charge is -2.03. The van der Waals surface area contributed by atoms with Crippen LogP contribution in [0.25, 0.3) is 6.08 Å². The number of carbonyl (C=O) groups excluding carboxylic acids is 2. The van der Waals surface area contributed by atoms with Crippen LogP contribution < -0.4 is 15.8 Å². The van der Waals surface area contributed by atoms with Crippen LogP contribution in [0.15, 0.2) is 58.4 Å². The number of hydrogen-bond donors (Lipinski definition) is 2. The van der Waals surface area contributed by atoms with Crippen molar-refractivity contribution in [1.29, 1.82) is 0 Å². The number of carbonyl (C=O) groups is 2. The van der Waals surface area contributed by atoms with E-state index in [-0.39, 0.29) is 12.5 Å². The molecule has 2 aromatic rings. The third-order valence-electron chi connectivity index (χ3n) is 3.55. The summed E-state index contributed by atoms with van der Waals surface area (Å²) in [4.78, 5) is 27.9. The number of ether oxygens (including phenoxy) is 1. The van der Waals surface area contributed by atoms with Gasteiger partial charge >= 0.3 is 0 Å². The van der Waals surface area contributed by atoms with Gasteiger partial charge in [0.15, 0.2) is 11.8 Å². The van der Waals surface area contributed by atoms with E-state index in [9.17, 15) is 9.59 Å². The van der Waals surface area contributed by atoms with Gasteiger partial charge in [-0.25, -0.2) is 4.99 Å². The van der Waals surface area contributed by atoms with Crippen molar-refractivity contribution in [3.8, 4) is 5.75 Å². The third kappa shape index (κ3) is 4.52. The minimum absolute atomic E-state index is 0.169. The van der Waals surface area contributed by atoms with Crippen LogP contribution >= 0.6 is 11.8 Å². The fraction of sp³-hybridized carbons (Fsp3) is 0.105. The number of primary amides is 1. The Morgan fingerprint density at radius 1 is 1.23 bits per heavy atom. The summed E-state index contributed by atoms with van der Waals surface area (Å²) < 4.78 is 5.21. The van der Waals surface area contributed by atoms with Crippen molar-refractivity contribution in [2.75, 3.05) is 6.61 Å². The zero-order valence-electron chi connectivity index (χ0n) is 14.1. The van der Waals surface area contributed by atoms with Crippen molar-refractivity contribution >= 4 is 40.5 Å². The lowest BCUT2D eigenvalue weighted by molar-refractivity contribution is -0.120. The summed E-state index contributed by atoms with van der Waals surface area (Å²) in [7, 11) is 0. The molecule has 0 unspecified atom stereocenters.